The van der Waals surface area contributed by atoms with E-state index in [9.17, 15) is 14.4 Å². The van der Waals surface area contributed by atoms with E-state index in [1.807, 2.05) is 0 Å². The fourth-order valence-electron chi connectivity index (χ4n) is 1.74. The topological polar surface area (TPSA) is 89.9 Å². The number of hydrogen-bond acceptors (Lipinski definition) is 5. The molecule has 0 bridgehead atoms. The Morgan fingerprint density at radius 3 is 1.43 bits per heavy atom. The first-order chi connectivity index (χ1) is 11.0. The number of rotatable bonds is 11. The normalized spacial score (nSPS) is 9.52. The van der Waals surface area contributed by atoms with Crippen molar-refractivity contribution in [3.05, 3.63) is 0 Å². The predicted octanol–water partition coefficient (Wildman–Crippen LogP) is 4.70. The minimum atomic E-state index is -1.21. The largest absolute Gasteiger partial charge is 0.505 e. The maximum Gasteiger partial charge on any atom is 0.505 e. The molecule has 6 nitrogen and oxygen atoms in total. The second-order valence-corrected chi connectivity index (χ2v) is 5.17. The van der Waals surface area contributed by atoms with E-state index in [1.54, 1.807) is 6.92 Å². The molecule has 0 atom stereocenters. The van der Waals surface area contributed by atoms with Crippen molar-refractivity contribution in [2.24, 2.45) is 0 Å². The Labute approximate surface area is 139 Å². The molecule has 136 valence electrons. The number of unbranched alkanes of at least 4 members (excludes halogenated alkanes) is 6. The molecule has 0 saturated heterocycles. The number of esters is 2. The third kappa shape index (κ3) is 22.8. The maximum absolute atomic E-state index is 11.3. The van der Waals surface area contributed by atoms with Gasteiger partial charge in [-0.25, -0.2) is 4.79 Å². The summed E-state index contributed by atoms with van der Waals surface area (Å²) in [6.07, 6.45) is 7.84. The molecule has 0 radical (unpaired) electrons. The van der Waals surface area contributed by atoms with E-state index in [1.165, 1.54) is 0 Å². The van der Waals surface area contributed by atoms with Crippen LogP contribution < -0.4 is 0 Å². The van der Waals surface area contributed by atoms with Gasteiger partial charge in [-0.05, 0) is 19.8 Å². The van der Waals surface area contributed by atoms with Gasteiger partial charge in [0.25, 0.3) is 0 Å². The number of hydrogen-bond donors (Lipinski definition) is 1. The molecular formula is C17H32O6. The van der Waals surface area contributed by atoms with Crippen molar-refractivity contribution in [3.63, 3.8) is 0 Å². The van der Waals surface area contributed by atoms with E-state index >= 15 is 0 Å². The first-order valence-corrected chi connectivity index (χ1v) is 8.57. The summed E-state index contributed by atoms with van der Waals surface area (Å²) in [4.78, 5) is 31.9. The Balaban J connectivity index is 0. The molecule has 0 aliphatic rings. The summed E-state index contributed by atoms with van der Waals surface area (Å²) < 4.78 is 8.69. The fourth-order valence-corrected chi connectivity index (χ4v) is 1.74. The van der Waals surface area contributed by atoms with Crippen LogP contribution in [0.4, 0.5) is 4.79 Å². The third-order valence-electron chi connectivity index (χ3n) is 2.96. The molecule has 1 N–H and O–H groups in total. The zero-order valence-electron chi connectivity index (χ0n) is 14.8. The standard InChI is InChI=1S/C14H26O3.C3H6O3/c1-3-5-7-9-11-13(15)17-14(16)12-10-8-6-4-2;1-2-6-3(4)5/h3-12H2,1-2H3;2H2,1H3,(H,4,5). The number of carbonyl (C=O) groups is 3. The minimum Gasteiger partial charge on any atom is -0.450 e. The van der Waals surface area contributed by atoms with Gasteiger partial charge in [-0.3, -0.25) is 9.59 Å². The average molecular weight is 332 g/mol. The van der Waals surface area contributed by atoms with Crippen LogP contribution in [0.1, 0.15) is 85.0 Å². The number of ether oxygens (including phenoxy) is 2. The van der Waals surface area contributed by atoms with E-state index < -0.39 is 6.16 Å². The van der Waals surface area contributed by atoms with Crippen LogP contribution in [0.2, 0.25) is 0 Å². The number of carboxylic acid groups (broad SMARTS) is 1. The molecule has 0 heterocycles. The highest BCUT2D eigenvalue weighted by Gasteiger charge is 2.09. The molecule has 0 aromatic carbocycles. The Kier molecular flexibility index (Phi) is 19.0. The molecule has 0 unspecified atom stereocenters. The van der Waals surface area contributed by atoms with Crippen LogP contribution in [0.3, 0.4) is 0 Å². The van der Waals surface area contributed by atoms with Gasteiger partial charge in [0.15, 0.2) is 0 Å². The van der Waals surface area contributed by atoms with Gasteiger partial charge in [-0.2, -0.15) is 0 Å². The van der Waals surface area contributed by atoms with E-state index in [0.717, 1.165) is 51.4 Å². The Bertz CT molecular complexity index is 292. The molecule has 0 rings (SSSR count). The van der Waals surface area contributed by atoms with Crippen molar-refractivity contribution in [2.75, 3.05) is 6.61 Å². The lowest BCUT2D eigenvalue weighted by Crippen LogP contribution is -2.11. The Hall–Kier alpha value is -1.59. The zero-order valence-corrected chi connectivity index (χ0v) is 14.8. The van der Waals surface area contributed by atoms with Gasteiger partial charge in [0.2, 0.25) is 0 Å². The number of carbonyl (C=O) groups excluding carboxylic acids is 2. The highest BCUT2D eigenvalue weighted by molar-refractivity contribution is 5.85. The fraction of sp³-hybridized carbons (Fsp3) is 0.824. The van der Waals surface area contributed by atoms with Crippen LogP contribution in [-0.2, 0) is 19.1 Å². The van der Waals surface area contributed by atoms with E-state index in [0.29, 0.717) is 12.8 Å². The minimum absolute atomic E-state index is 0.231. The molecule has 0 amide bonds. The van der Waals surface area contributed by atoms with Crippen LogP contribution in [0.5, 0.6) is 0 Å². The van der Waals surface area contributed by atoms with Gasteiger partial charge in [-0.1, -0.05) is 52.4 Å². The summed E-state index contributed by atoms with van der Waals surface area (Å²) in [5.41, 5.74) is 0. The summed E-state index contributed by atoms with van der Waals surface area (Å²) in [7, 11) is 0. The highest BCUT2D eigenvalue weighted by atomic mass is 16.7. The zero-order chi connectivity index (χ0) is 17.9. The van der Waals surface area contributed by atoms with Gasteiger partial charge >= 0.3 is 18.1 Å². The van der Waals surface area contributed by atoms with Gasteiger partial charge in [0.1, 0.15) is 0 Å². The van der Waals surface area contributed by atoms with Gasteiger partial charge in [-0.15, -0.1) is 0 Å². The molecule has 0 aromatic rings. The van der Waals surface area contributed by atoms with Gasteiger partial charge in [0.05, 0.1) is 6.61 Å². The molecule has 23 heavy (non-hydrogen) atoms. The second-order valence-electron chi connectivity index (χ2n) is 5.17. The van der Waals surface area contributed by atoms with Gasteiger partial charge in [0, 0.05) is 12.8 Å². The summed E-state index contributed by atoms with van der Waals surface area (Å²) in [6.45, 7) is 6.10. The lowest BCUT2D eigenvalue weighted by atomic mass is 10.1. The highest BCUT2D eigenvalue weighted by Crippen LogP contribution is 2.06. The first kappa shape index (κ1) is 23.7. The lowest BCUT2D eigenvalue weighted by molar-refractivity contribution is -0.159. The lowest BCUT2D eigenvalue weighted by Gasteiger charge is -2.03. The third-order valence-corrected chi connectivity index (χ3v) is 2.96. The predicted molar refractivity (Wildman–Crippen MR) is 88.3 cm³/mol. The van der Waals surface area contributed by atoms with E-state index in [2.05, 4.69) is 18.6 Å². The monoisotopic (exact) mass is 332 g/mol. The van der Waals surface area contributed by atoms with Crippen molar-refractivity contribution < 1.29 is 29.0 Å². The van der Waals surface area contributed by atoms with Crippen molar-refractivity contribution in [1.82, 2.24) is 0 Å². The summed E-state index contributed by atoms with van der Waals surface area (Å²) in [6, 6.07) is 0. The Morgan fingerprint density at radius 1 is 0.739 bits per heavy atom. The maximum atomic E-state index is 11.3. The molecule has 0 spiro atoms. The van der Waals surface area contributed by atoms with Crippen LogP contribution in [0.15, 0.2) is 0 Å². The first-order valence-electron chi connectivity index (χ1n) is 8.57. The summed E-state index contributed by atoms with van der Waals surface area (Å²) in [5, 5.41) is 7.69. The molecule has 0 aromatic heterocycles. The van der Waals surface area contributed by atoms with Gasteiger partial charge < -0.3 is 14.6 Å². The summed E-state index contributed by atoms with van der Waals surface area (Å²) >= 11 is 0. The van der Waals surface area contributed by atoms with Crippen LogP contribution in [0.25, 0.3) is 0 Å². The molecule has 0 aliphatic heterocycles. The van der Waals surface area contributed by atoms with Crippen LogP contribution >= 0.6 is 0 Å². The van der Waals surface area contributed by atoms with Crippen molar-refractivity contribution in [1.29, 1.82) is 0 Å². The average Bonchev–Trinajstić information content (AvgIpc) is 2.48. The Morgan fingerprint density at radius 2 is 1.17 bits per heavy atom. The second kappa shape index (κ2) is 18.5. The van der Waals surface area contributed by atoms with Crippen LogP contribution in [-0.4, -0.2) is 29.8 Å². The van der Waals surface area contributed by atoms with Crippen molar-refractivity contribution in [3.8, 4) is 0 Å². The molecule has 0 fully saturated rings. The quantitative estimate of drug-likeness (QED) is 0.335. The molecule has 6 heteroatoms. The smallest absolute Gasteiger partial charge is 0.450 e. The SMILES string of the molecule is CCCCCCC(=O)OC(=O)CCCCCC.CCOC(=O)O. The van der Waals surface area contributed by atoms with E-state index in [-0.39, 0.29) is 18.5 Å². The van der Waals surface area contributed by atoms with E-state index in [4.69, 9.17) is 9.84 Å². The molecule has 0 aliphatic carbocycles. The van der Waals surface area contributed by atoms with Crippen molar-refractivity contribution >= 4 is 18.1 Å². The molecular weight excluding hydrogens is 300 g/mol. The summed E-state index contributed by atoms with van der Waals surface area (Å²) in [5.74, 6) is -0.719. The van der Waals surface area contributed by atoms with Crippen molar-refractivity contribution in [2.45, 2.75) is 85.0 Å². The van der Waals surface area contributed by atoms with Crippen LogP contribution in [0, 0.1) is 0 Å². The molecule has 0 saturated carbocycles.